The molecule has 5 aromatic rings. The molecule has 16 nitrogen and oxygen atoms in total. The number of hydrogen-bond donors (Lipinski definition) is 3. The maximum Gasteiger partial charge on any atom is 0.407 e. The van der Waals surface area contributed by atoms with Crippen molar-refractivity contribution in [3.63, 3.8) is 0 Å². The fraction of sp³-hybridized carbons (Fsp3) is 0.740. The molecule has 0 radical (unpaired) electrons. The molecule has 93 heavy (non-hydrogen) atoms. The van der Waals surface area contributed by atoms with Gasteiger partial charge in [0.25, 0.3) is 0 Å². The number of aryl methyl sites for hydroxylation is 1. The number of aromatic nitrogens is 7. The number of nitrogens with one attached hydrogen (secondary N) is 1. The van der Waals surface area contributed by atoms with E-state index in [1.54, 1.807) is 4.68 Å². The second-order valence-corrected chi connectivity index (χ2v) is 33.8. The topological polar surface area (TPSA) is 206 Å². The maximum absolute atomic E-state index is 13.8. The molecule has 3 N–H and O–H groups in total. The van der Waals surface area contributed by atoms with E-state index in [0.29, 0.717) is 69.9 Å². The third-order valence-corrected chi connectivity index (χ3v) is 27.8. The molecule has 16 heteroatoms. The van der Waals surface area contributed by atoms with Crippen molar-refractivity contribution in [3.8, 4) is 22.5 Å². The highest BCUT2D eigenvalue weighted by Crippen LogP contribution is 2.71. The number of rotatable bonds is 21. The summed E-state index contributed by atoms with van der Waals surface area (Å²) in [6.45, 7) is 22.8. The number of carbonyl (C=O) groups excluding carboxylic acids is 2. The van der Waals surface area contributed by atoms with Gasteiger partial charge in [-0.05, 0) is 279 Å². The van der Waals surface area contributed by atoms with Crippen LogP contribution in [0.1, 0.15) is 223 Å². The molecule has 0 spiro atoms. The number of fused-ring (bicyclic) bond motifs is 13. The van der Waals surface area contributed by atoms with E-state index >= 15 is 0 Å². The summed E-state index contributed by atoms with van der Waals surface area (Å²) < 4.78 is 18.0. The minimum absolute atomic E-state index is 0.00408. The number of unbranched alkanes of at least 4 members (excludes halogenated alkanes) is 2. The standard InChI is InChI=1S/C77H110N8O8/c1-47(13-27-69(86)87)59-23-25-61-57-21-17-52-39-49(29-33-74(52,6)63(57)31-35-76(59,61)8)43-83-44-65(79-81-83)50-15-19-55-56-20-16-51(41-68(56)85(67(55)40-50)38-12-10-11-37-78-72(91)93-73(3,4)5)66-45-84(82-80-66)46-71(90)92-54-30-34-75(7)53(42-54)18-22-58-62-26-24-60(48(2)14-28-70(88)89)77(62,9)36-32-64(58)75/h15-16,19-20,40-41,44-45,47-49,52-54,57-64H,10-14,17-18,21-39,42-43,46H2,1-9H3,(H,78,91)(H,86,87)(H,88,89)/t47-,48-,49?,52?,53-,54-,57?,58?,59?,60?,61?,62?,63?,64?,74?,75?,76?,77?/m1/s1. The van der Waals surface area contributed by atoms with Crippen LogP contribution in [0.5, 0.6) is 0 Å². The number of esters is 1. The summed E-state index contributed by atoms with van der Waals surface area (Å²) in [6.07, 6.45) is 30.4. The van der Waals surface area contributed by atoms with Crippen molar-refractivity contribution in [2.75, 3.05) is 6.54 Å². The van der Waals surface area contributed by atoms with Crippen LogP contribution in [0.15, 0.2) is 48.8 Å². The second-order valence-electron chi connectivity index (χ2n) is 33.8. The van der Waals surface area contributed by atoms with E-state index in [9.17, 15) is 29.4 Å². The summed E-state index contributed by atoms with van der Waals surface area (Å²) in [4.78, 5) is 49.2. The Kier molecular flexibility index (Phi) is 18.4. The largest absolute Gasteiger partial charge is 0.481 e. The first kappa shape index (κ1) is 65.8. The molecule has 2 aromatic carbocycles. The number of carbonyl (C=O) groups is 4. The Balaban J connectivity index is 0.656. The molecule has 13 rings (SSSR count). The van der Waals surface area contributed by atoms with Crippen LogP contribution in [0.25, 0.3) is 44.3 Å². The highest BCUT2D eigenvalue weighted by Gasteiger charge is 2.63. The summed E-state index contributed by atoms with van der Waals surface area (Å²) in [5, 5.41) is 42.9. The molecule has 8 aliphatic rings. The Morgan fingerprint density at radius 3 is 1.69 bits per heavy atom. The molecular weight excluding hydrogens is 1160 g/mol. The van der Waals surface area contributed by atoms with Crippen molar-refractivity contribution in [1.29, 1.82) is 0 Å². The van der Waals surface area contributed by atoms with Crippen molar-refractivity contribution < 1.29 is 38.9 Å². The first-order valence-electron chi connectivity index (χ1n) is 36.9. The van der Waals surface area contributed by atoms with Gasteiger partial charge in [0.15, 0.2) is 0 Å². The highest BCUT2D eigenvalue weighted by atomic mass is 16.6. The van der Waals surface area contributed by atoms with Gasteiger partial charge in [0, 0.05) is 65.4 Å². The molecule has 0 aliphatic heterocycles. The fourth-order valence-corrected chi connectivity index (χ4v) is 23.3. The number of hydrogen-bond acceptors (Lipinski definition) is 10. The van der Waals surface area contributed by atoms with E-state index in [1.807, 2.05) is 27.0 Å². The molecule has 1 amide bonds. The summed E-state index contributed by atoms with van der Waals surface area (Å²) in [5.74, 6) is 6.95. The Labute approximate surface area is 552 Å². The number of benzene rings is 2. The van der Waals surface area contributed by atoms with Gasteiger partial charge in [-0.25, -0.2) is 9.48 Å². The van der Waals surface area contributed by atoms with Crippen LogP contribution in [0.4, 0.5) is 4.79 Å². The van der Waals surface area contributed by atoms with E-state index in [2.05, 4.69) is 109 Å². The van der Waals surface area contributed by atoms with Gasteiger partial charge in [0.05, 0.1) is 12.4 Å². The van der Waals surface area contributed by atoms with Gasteiger partial charge in [-0.2, -0.15) is 0 Å². The minimum atomic E-state index is -0.678. The zero-order valence-corrected chi connectivity index (χ0v) is 57.7. The molecule has 8 saturated carbocycles. The van der Waals surface area contributed by atoms with Crippen molar-refractivity contribution in [3.05, 3.63) is 48.8 Å². The minimum Gasteiger partial charge on any atom is -0.481 e. The number of ether oxygens (including phenoxy) is 2. The summed E-state index contributed by atoms with van der Waals surface area (Å²) in [6, 6.07) is 13.2. The van der Waals surface area contributed by atoms with Crippen LogP contribution in [-0.4, -0.2) is 87.0 Å². The lowest BCUT2D eigenvalue weighted by atomic mass is 9.44. The molecule has 3 aromatic heterocycles. The zero-order chi connectivity index (χ0) is 65.4. The Morgan fingerprint density at radius 1 is 0.613 bits per heavy atom. The number of carboxylic acid groups (broad SMARTS) is 2. The summed E-state index contributed by atoms with van der Waals surface area (Å²) in [5.41, 5.74) is 6.48. The van der Waals surface area contributed by atoms with Crippen LogP contribution >= 0.6 is 0 Å². The quantitative estimate of drug-likeness (QED) is 0.0464. The molecule has 14 unspecified atom stereocenters. The number of carboxylic acids is 2. The number of nitrogens with zero attached hydrogens (tertiary/aromatic N) is 7. The number of alkyl carbamates (subject to hydrolysis) is 1. The third kappa shape index (κ3) is 12.8. The molecule has 3 heterocycles. The van der Waals surface area contributed by atoms with Gasteiger partial charge in [0.2, 0.25) is 0 Å². The van der Waals surface area contributed by atoms with Crippen LogP contribution in [0, 0.1) is 98.6 Å². The van der Waals surface area contributed by atoms with Gasteiger partial charge in [-0.3, -0.25) is 19.1 Å². The molecule has 0 saturated heterocycles. The number of aliphatic carboxylic acids is 2. The molecule has 8 fully saturated rings. The lowest BCUT2D eigenvalue weighted by molar-refractivity contribution is -0.163. The smallest absolute Gasteiger partial charge is 0.407 e. The molecule has 18 atom stereocenters. The highest BCUT2D eigenvalue weighted by molar-refractivity contribution is 6.10. The van der Waals surface area contributed by atoms with Gasteiger partial charge in [0.1, 0.15) is 29.6 Å². The van der Waals surface area contributed by atoms with E-state index in [-0.39, 0.29) is 36.9 Å². The third-order valence-electron chi connectivity index (χ3n) is 27.8. The van der Waals surface area contributed by atoms with Crippen molar-refractivity contribution in [2.45, 2.75) is 254 Å². The van der Waals surface area contributed by atoms with Gasteiger partial charge < -0.3 is 29.6 Å². The van der Waals surface area contributed by atoms with Crippen LogP contribution in [-0.2, 0) is 43.5 Å². The predicted octanol–water partition coefficient (Wildman–Crippen LogP) is 16.9. The van der Waals surface area contributed by atoms with Crippen molar-refractivity contribution in [2.24, 2.45) is 98.6 Å². The Bertz CT molecular complexity index is 3550. The Morgan fingerprint density at radius 2 is 1.13 bits per heavy atom. The molecule has 506 valence electrons. The predicted molar refractivity (Wildman–Crippen MR) is 361 cm³/mol. The SMILES string of the molecule is C[C@H](CCC(=O)O)C1CCC2C3CCC4CC(Cn5cc(-c6ccc7c8ccc(-c9cn(CC(=O)O[C@@H]%10CCC%11(C)C%12CCC%13(C)C(CCC%13[C@H](C)CCC(=O)O)C%12CC[C@@H]%11C%10)nn9)cc8n(CCCCCNC(=O)OC(C)(C)C)c7c6)nn5)CCC4(C)C3CCC21C. The van der Waals surface area contributed by atoms with Gasteiger partial charge in [-0.15, -0.1) is 10.2 Å². The summed E-state index contributed by atoms with van der Waals surface area (Å²) in [7, 11) is 0. The Hall–Kier alpha value is -5.80. The van der Waals surface area contributed by atoms with E-state index < -0.39 is 23.6 Å². The number of amides is 1. The lowest BCUT2D eigenvalue weighted by Gasteiger charge is -2.61. The van der Waals surface area contributed by atoms with Gasteiger partial charge in [-0.1, -0.05) is 76.2 Å². The molecule has 8 aliphatic carbocycles. The van der Waals surface area contributed by atoms with Crippen LogP contribution in [0.2, 0.25) is 0 Å². The normalized spacial score (nSPS) is 34.5. The molecule has 0 bridgehead atoms. The molecular formula is C77H110N8O8. The fourth-order valence-electron chi connectivity index (χ4n) is 23.3. The van der Waals surface area contributed by atoms with Crippen molar-refractivity contribution in [1.82, 2.24) is 39.9 Å². The first-order chi connectivity index (χ1) is 44.4. The van der Waals surface area contributed by atoms with Crippen LogP contribution < -0.4 is 5.32 Å². The van der Waals surface area contributed by atoms with Crippen LogP contribution in [0.3, 0.4) is 0 Å². The van der Waals surface area contributed by atoms with E-state index in [4.69, 9.17) is 19.8 Å². The maximum atomic E-state index is 13.8. The van der Waals surface area contributed by atoms with Gasteiger partial charge >= 0.3 is 24.0 Å². The lowest BCUT2D eigenvalue weighted by Crippen LogP contribution is -2.54. The van der Waals surface area contributed by atoms with E-state index in [1.165, 1.54) is 96.3 Å². The summed E-state index contributed by atoms with van der Waals surface area (Å²) >= 11 is 0. The monoisotopic (exact) mass is 1270 g/mol. The zero-order valence-electron chi connectivity index (χ0n) is 57.7. The van der Waals surface area contributed by atoms with Crippen molar-refractivity contribution >= 4 is 45.8 Å². The second kappa shape index (κ2) is 26.0. The average molecular weight is 1280 g/mol. The average Bonchev–Trinajstić information content (AvgIpc) is 1.71. The van der Waals surface area contributed by atoms with E-state index in [0.717, 1.165) is 139 Å². The first-order valence-corrected chi connectivity index (χ1v) is 36.9.